The smallest absolute Gasteiger partial charge is 0.00631 e. The van der Waals surface area contributed by atoms with Crippen LogP contribution in [0.15, 0.2) is 0 Å². The molecule has 1 aliphatic heterocycles. The lowest BCUT2D eigenvalue weighted by Gasteiger charge is -2.25. The molecule has 2 fully saturated rings. The fourth-order valence-corrected chi connectivity index (χ4v) is 1.91. The van der Waals surface area contributed by atoms with E-state index in [-0.39, 0.29) is 0 Å². The summed E-state index contributed by atoms with van der Waals surface area (Å²) in [4.78, 5) is 2.32. The van der Waals surface area contributed by atoms with Crippen molar-refractivity contribution < 1.29 is 0 Å². The third kappa shape index (κ3) is 8.88. The number of likely N-dealkylation sites (tertiary alicyclic amines) is 1. The highest BCUT2D eigenvalue weighted by molar-refractivity contribution is 4.70. The Kier molecular flexibility index (Phi) is 10.4. The molecule has 0 amide bonds. The molecule has 2 aliphatic rings. The number of piperidine rings is 1. The summed E-state index contributed by atoms with van der Waals surface area (Å²) in [5, 5.41) is 0. The lowest BCUT2D eigenvalue weighted by Crippen LogP contribution is -2.37. The molecule has 92 valence electrons. The Bertz CT molecular complexity index is 96.1. The van der Waals surface area contributed by atoms with Crippen LogP contribution in [0.5, 0.6) is 0 Å². The monoisotopic (exact) mass is 214 g/mol. The Morgan fingerprint density at radius 1 is 0.867 bits per heavy atom. The highest BCUT2D eigenvalue weighted by Gasteiger charge is 2.11. The molecule has 2 nitrogen and oxygen atoms in total. The normalized spacial score (nSPS) is 22.4. The topological polar surface area (TPSA) is 29.3 Å². The molecular formula is C13H30N2. The van der Waals surface area contributed by atoms with Crippen molar-refractivity contribution in [3.63, 3.8) is 0 Å². The van der Waals surface area contributed by atoms with E-state index in [1.165, 1.54) is 58.0 Å². The van der Waals surface area contributed by atoms with Gasteiger partial charge in [0.15, 0.2) is 0 Å². The maximum absolute atomic E-state index is 5.67. The van der Waals surface area contributed by atoms with Gasteiger partial charge >= 0.3 is 0 Å². The van der Waals surface area contributed by atoms with E-state index < -0.39 is 0 Å². The fraction of sp³-hybridized carbons (Fsp3) is 1.00. The van der Waals surface area contributed by atoms with Crippen LogP contribution < -0.4 is 5.73 Å². The quantitative estimate of drug-likeness (QED) is 0.671. The summed E-state index contributed by atoms with van der Waals surface area (Å²) in [6.07, 6.45) is 9.85. The van der Waals surface area contributed by atoms with Gasteiger partial charge in [0.2, 0.25) is 0 Å². The van der Waals surface area contributed by atoms with E-state index in [0.717, 1.165) is 0 Å². The molecule has 1 aliphatic carbocycles. The van der Waals surface area contributed by atoms with E-state index in [1.54, 1.807) is 0 Å². The molecule has 15 heavy (non-hydrogen) atoms. The average molecular weight is 214 g/mol. The maximum Gasteiger partial charge on any atom is 0.00631 e. The second-order valence-electron chi connectivity index (χ2n) is 4.41. The van der Waals surface area contributed by atoms with Crippen molar-refractivity contribution in [3.8, 4) is 0 Å². The molecule has 0 aromatic carbocycles. The number of rotatable bonds is 0. The van der Waals surface area contributed by atoms with E-state index in [4.69, 9.17) is 5.73 Å². The lowest BCUT2D eigenvalue weighted by molar-refractivity contribution is 0.256. The summed E-state index contributed by atoms with van der Waals surface area (Å²) < 4.78 is 0. The molecular weight excluding hydrogens is 184 g/mol. The minimum absolute atomic E-state index is 0.478. The second-order valence-corrected chi connectivity index (χ2v) is 4.41. The van der Waals surface area contributed by atoms with Gasteiger partial charge in [-0.3, -0.25) is 0 Å². The van der Waals surface area contributed by atoms with Crippen molar-refractivity contribution in [2.75, 3.05) is 20.1 Å². The molecule has 1 heterocycles. The Labute approximate surface area is 96.2 Å². The minimum atomic E-state index is 0.478. The molecule has 0 aromatic rings. The summed E-state index contributed by atoms with van der Waals surface area (Å²) in [5.74, 6) is 0. The maximum atomic E-state index is 5.67. The van der Waals surface area contributed by atoms with Crippen LogP contribution in [0.2, 0.25) is 0 Å². The fourth-order valence-electron chi connectivity index (χ4n) is 1.91. The van der Waals surface area contributed by atoms with E-state index in [9.17, 15) is 0 Å². The van der Waals surface area contributed by atoms with Crippen LogP contribution in [0.4, 0.5) is 0 Å². The van der Waals surface area contributed by atoms with Crippen LogP contribution in [-0.2, 0) is 0 Å². The predicted molar refractivity (Wildman–Crippen MR) is 69.1 cm³/mol. The lowest BCUT2D eigenvalue weighted by atomic mass is 10.1. The van der Waals surface area contributed by atoms with Gasteiger partial charge in [-0.15, -0.1) is 0 Å². The Hall–Kier alpha value is -0.0800. The number of nitrogens with two attached hydrogens (primary N) is 1. The van der Waals surface area contributed by atoms with Crippen molar-refractivity contribution in [2.45, 2.75) is 64.8 Å². The van der Waals surface area contributed by atoms with E-state index in [0.29, 0.717) is 6.04 Å². The van der Waals surface area contributed by atoms with Gasteiger partial charge in [0.25, 0.3) is 0 Å². The van der Waals surface area contributed by atoms with Gasteiger partial charge in [-0.2, -0.15) is 0 Å². The number of nitrogens with zero attached hydrogens (tertiary/aromatic N) is 1. The van der Waals surface area contributed by atoms with E-state index in [2.05, 4.69) is 11.9 Å². The molecule has 0 unspecified atom stereocenters. The van der Waals surface area contributed by atoms with Gasteiger partial charge in [0, 0.05) is 6.04 Å². The zero-order valence-electron chi connectivity index (χ0n) is 11.0. The van der Waals surface area contributed by atoms with Gasteiger partial charge in [-0.1, -0.05) is 46.0 Å². The molecule has 0 radical (unpaired) electrons. The highest BCUT2D eigenvalue weighted by atomic mass is 15.1. The number of hydrogen-bond donors (Lipinski definition) is 1. The molecule has 1 saturated carbocycles. The zero-order valence-corrected chi connectivity index (χ0v) is 11.0. The van der Waals surface area contributed by atoms with Crippen molar-refractivity contribution in [3.05, 3.63) is 0 Å². The number of hydrogen-bond acceptors (Lipinski definition) is 2. The van der Waals surface area contributed by atoms with Crippen LogP contribution in [0.1, 0.15) is 58.8 Å². The van der Waals surface area contributed by atoms with Crippen LogP contribution in [-0.4, -0.2) is 31.1 Å². The standard InChI is InChI=1S/C6H14N2.C5H10.C2H6/c1-8-4-2-6(7)3-5-8;1-2-4-5-3-1;1-2/h6H,2-5,7H2,1H3;1-5H2;1-2H3. The largest absolute Gasteiger partial charge is 0.328 e. The summed E-state index contributed by atoms with van der Waals surface area (Å²) in [7, 11) is 2.14. The van der Waals surface area contributed by atoms with Crippen molar-refractivity contribution in [1.82, 2.24) is 4.90 Å². The molecule has 2 N–H and O–H groups in total. The van der Waals surface area contributed by atoms with Crippen LogP contribution in [0, 0.1) is 0 Å². The van der Waals surface area contributed by atoms with Crippen molar-refractivity contribution in [1.29, 1.82) is 0 Å². The first kappa shape index (κ1) is 14.9. The molecule has 2 heteroatoms. The van der Waals surface area contributed by atoms with Crippen LogP contribution in [0.3, 0.4) is 0 Å². The second kappa shape index (κ2) is 10.4. The van der Waals surface area contributed by atoms with Crippen LogP contribution in [0.25, 0.3) is 0 Å². The summed E-state index contributed by atoms with van der Waals surface area (Å²) >= 11 is 0. The first-order valence-electron chi connectivity index (χ1n) is 6.73. The third-order valence-electron chi connectivity index (χ3n) is 3.01. The van der Waals surface area contributed by atoms with Crippen LogP contribution >= 0.6 is 0 Å². The molecule has 1 saturated heterocycles. The molecule has 0 spiro atoms. The SMILES string of the molecule is C1CCCC1.CC.CN1CCC(N)CC1. The summed E-state index contributed by atoms with van der Waals surface area (Å²) in [6, 6.07) is 0.478. The minimum Gasteiger partial charge on any atom is -0.328 e. The van der Waals surface area contributed by atoms with Gasteiger partial charge < -0.3 is 10.6 Å². The van der Waals surface area contributed by atoms with E-state index in [1.807, 2.05) is 13.8 Å². The first-order valence-corrected chi connectivity index (χ1v) is 6.73. The van der Waals surface area contributed by atoms with Gasteiger partial charge in [0.05, 0.1) is 0 Å². The molecule has 0 atom stereocenters. The highest BCUT2D eigenvalue weighted by Crippen LogP contribution is 2.15. The van der Waals surface area contributed by atoms with Gasteiger partial charge in [-0.25, -0.2) is 0 Å². The molecule has 0 bridgehead atoms. The average Bonchev–Trinajstić information content (AvgIpc) is 2.84. The van der Waals surface area contributed by atoms with Gasteiger partial charge in [-0.05, 0) is 33.0 Å². The van der Waals surface area contributed by atoms with Gasteiger partial charge in [0.1, 0.15) is 0 Å². The Morgan fingerprint density at radius 3 is 1.47 bits per heavy atom. The van der Waals surface area contributed by atoms with Crippen molar-refractivity contribution >= 4 is 0 Å². The molecule has 0 aromatic heterocycles. The Morgan fingerprint density at radius 2 is 1.20 bits per heavy atom. The molecule has 2 rings (SSSR count). The van der Waals surface area contributed by atoms with E-state index >= 15 is 0 Å². The Balaban J connectivity index is 0.000000241. The first-order chi connectivity index (χ1) is 7.29. The summed E-state index contributed by atoms with van der Waals surface area (Å²) in [6.45, 7) is 6.36. The zero-order chi connectivity index (χ0) is 11.5. The summed E-state index contributed by atoms with van der Waals surface area (Å²) in [5.41, 5.74) is 5.67. The predicted octanol–water partition coefficient (Wildman–Crippen LogP) is 3.02. The third-order valence-corrected chi connectivity index (χ3v) is 3.01. The van der Waals surface area contributed by atoms with Crippen molar-refractivity contribution in [2.24, 2.45) is 5.73 Å².